The molecule has 236 valence electrons. The predicted molar refractivity (Wildman–Crippen MR) is 190 cm³/mol. The number of aromatic nitrogens is 4. The summed E-state index contributed by atoms with van der Waals surface area (Å²) in [5.41, 5.74) is 4.46. The number of likely N-dealkylation sites (tertiary alicyclic amines) is 1. The Bertz CT molecular complexity index is 1940. The molecule has 0 bridgehead atoms. The lowest BCUT2D eigenvalue weighted by atomic mass is 9.98. The summed E-state index contributed by atoms with van der Waals surface area (Å²) in [4.78, 5) is 6.99. The molecule has 1 fully saturated rings. The summed E-state index contributed by atoms with van der Waals surface area (Å²) < 4.78 is 17.0. The number of nitrogens with one attached hydrogen (secondary N) is 2. The Labute approximate surface area is 291 Å². The van der Waals surface area contributed by atoms with Crippen molar-refractivity contribution in [2.24, 2.45) is 0 Å². The summed E-state index contributed by atoms with van der Waals surface area (Å²) in [6.07, 6.45) is 5.52. The van der Waals surface area contributed by atoms with Crippen molar-refractivity contribution >= 4 is 73.8 Å². The molecule has 6 rings (SSSR count). The average molecular weight is 769 g/mol. The Hall–Kier alpha value is -3.50. The van der Waals surface area contributed by atoms with Crippen molar-refractivity contribution in [3.63, 3.8) is 0 Å². The maximum atomic E-state index is 13.9. The molecule has 2 aromatic heterocycles. The molecule has 0 unspecified atom stereocenters. The molecule has 1 aliphatic heterocycles. The van der Waals surface area contributed by atoms with Crippen LogP contribution in [0.25, 0.3) is 10.9 Å². The van der Waals surface area contributed by atoms with Crippen LogP contribution in [0.15, 0.2) is 67.0 Å². The Morgan fingerprint density at radius 1 is 1.04 bits per heavy atom. The van der Waals surface area contributed by atoms with Gasteiger partial charge in [-0.05, 0) is 104 Å². The van der Waals surface area contributed by atoms with Gasteiger partial charge in [-0.3, -0.25) is 9.88 Å². The smallest absolute Gasteiger partial charge is 0.141 e. The summed E-state index contributed by atoms with van der Waals surface area (Å²) >= 11 is 15.2. The molecule has 2 N–H and O–H groups in total. The largest absolute Gasteiger partial charge is 0.373 e. The quantitative estimate of drug-likeness (QED) is 0.160. The summed E-state index contributed by atoms with van der Waals surface area (Å²) in [5, 5.41) is 27.0. The number of nitriles is 1. The van der Waals surface area contributed by atoms with E-state index in [1.54, 1.807) is 6.07 Å². The lowest BCUT2D eigenvalue weighted by Gasteiger charge is -2.40. The summed E-state index contributed by atoms with van der Waals surface area (Å²) in [7, 11) is 0. The lowest BCUT2D eigenvalue weighted by molar-refractivity contribution is 0.0866. The molecule has 0 saturated carbocycles. The van der Waals surface area contributed by atoms with E-state index in [0.29, 0.717) is 38.6 Å². The minimum absolute atomic E-state index is 0.0320. The molecule has 1 atom stereocenters. The van der Waals surface area contributed by atoms with Gasteiger partial charge < -0.3 is 10.6 Å². The number of halogens is 4. The first-order valence-corrected chi connectivity index (χ1v) is 16.8. The number of pyridine rings is 1. The molecule has 0 aliphatic carbocycles. The van der Waals surface area contributed by atoms with E-state index in [0.717, 1.165) is 40.8 Å². The fourth-order valence-corrected chi connectivity index (χ4v) is 6.88. The van der Waals surface area contributed by atoms with Gasteiger partial charge in [-0.1, -0.05) is 40.5 Å². The van der Waals surface area contributed by atoms with Gasteiger partial charge in [-0.2, -0.15) is 5.26 Å². The Morgan fingerprint density at radius 3 is 2.50 bits per heavy atom. The zero-order valence-electron chi connectivity index (χ0n) is 25.5. The molecule has 0 spiro atoms. The fourth-order valence-electron chi connectivity index (χ4n) is 5.86. The van der Waals surface area contributed by atoms with Gasteiger partial charge in [0.1, 0.15) is 17.6 Å². The van der Waals surface area contributed by atoms with Crippen molar-refractivity contribution < 1.29 is 4.39 Å². The maximum absolute atomic E-state index is 13.9. The molecule has 3 aromatic carbocycles. The highest BCUT2D eigenvalue weighted by Crippen LogP contribution is 2.37. The molecule has 3 heterocycles. The van der Waals surface area contributed by atoms with Crippen molar-refractivity contribution in [2.45, 2.75) is 51.2 Å². The second kappa shape index (κ2) is 13.3. The van der Waals surface area contributed by atoms with Gasteiger partial charge in [0.05, 0.1) is 45.1 Å². The van der Waals surface area contributed by atoms with Crippen molar-refractivity contribution in [3.8, 4) is 6.07 Å². The molecule has 5 aromatic rings. The number of piperidine rings is 1. The van der Waals surface area contributed by atoms with Crippen molar-refractivity contribution in [2.75, 3.05) is 23.7 Å². The predicted octanol–water partition coefficient (Wildman–Crippen LogP) is 9.13. The minimum Gasteiger partial charge on any atom is -0.373 e. The van der Waals surface area contributed by atoms with Gasteiger partial charge >= 0.3 is 0 Å². The first-order chi connectivity index (χ1) is 22.0. The number of anilines is 3. The summed E-state index contributed by atoms with van der Waals surface area (Å²) in [6.45, 7) is 8.79. The lowest BCUT2D eigenvalue weighted by Crippen LogP contribution is -2.46. The molecule has 0 radical (unpaired) electrons. The van der Waals surface area contributed by atoms with Gasteiger partial charge in [-0.15, -0.1) is 5.10 Å². The molecule has 0 amide bonds. The monoisotopic (exact) mass is 768 g/mol. The zero-order chi connectivity index (χ0) is 32.6. The Morgan fingerprint density at radius 2 is 1.80 bits per heavy atom. The van der Waals surface area contributed by atoms with Crippen LogP contribution in [-0.4, -0.2) is 43.5 Å². The van der Waals surface area contributed by atoms with E-state index in [1.807, 2.05) is 35.1 Å². The number of rotatable bonds is 7. The first kappa shape index (κ1) is 32.4. The van der Waals surface area contributed by atoms with Gasteiger partial charge in [0.25, 0.3) is 0 Å². The molecule has 1 saturated heterocycles. The highest BCUT2D eigenvalue weighted by atomic mass is 127. The van der Waals surface area contributed by atoms with E-state index in [2.05, 4.69) is 92.4 Å². The van der Waals surface area contributed by atoms with Gasteiger partial charge in [-0.25, -0.2) is 9.07 Å². The van der Waals surface area contributed by atoms with Crippen LogP contribution in [0.2, 0.25) is 10.0 Å². The van der Waals surface area contributed by atoms with Crippen molar-refractivity contribution in [3.05, 3.63) is 103 Å². The Kier molecular flexibility index (Phi) is 9.39. The van der Waals surface area contributed by atoms with Crippen LogP contribution >= 0.6 is 45.8 Å². The molecular weight excluding hydrogens is 737 g/mol. The third kappa shape index (κ3) is 6.93. The van der Waals surface area contributed by atoms with Crippen LogP contribution < -0.4 is 10.6 Å². The number of hydrogen-bond acceptors (Lipinski definition) is 7. The van der Waals surface area contributed by atoms with Gasteiger partial charge in [0.15, 0.2) is 0 Å². The standard InChI is InChI=1S/C34H32Cl2FIN8/c1-34(2,3)45-11-9-25(10-12-45)46-19-30(43-44-46)32(20-5-4-6-22(38)13-20)42-24-14-26-31(41-23-7-8-29(37)27(35)15-23)21(17-39)18-40-33(26)28(36)16-24/h4-8,13-16,18-19,25,32,42H,9-12H2,1-3H3,(H,40,41)/t32-/m0/s1. The van der Waals surface area contributed by atoms with Crippen molar-refractivity contribution in [1.29, 1.82) is 5.26 Å². The number of hydrogen-bond donors (Lipinski definition) is 2. The van der Waals surface area contributed by atoms with Crippen LogP contribution in [0.1, 0.15) is 62.5 Å². The normalized spacial score (nSPS) is 15.1. The fraction of sp³-hybridized carbons (Fsp3) is 0.294. The van der Waals surface area contributed by atoms with Crippen LogP contribution in [0.4, 0.5) is 21.5 Å². The molecule has 1 aliphatic rings. The van der Waals surface area contributed by atoms with Crippen molar-refractivity contribution in [1.82, 2.24) is 24.9 Å². The summed E-state index contributed by atoms with van der Waals surface area (Å²) in [6, 6.07) is 18.4. The van der Waals surface area contributed by atoms with Crippen LogP contribution in [-0.2, 0) is 0 Å². The minimum atomic E-state index is -0.532. The van der Waals surface area contributed by atoms with E-state index in [1.165, 1.54) is 18.3 Å². The molecule has 46 heavy (non-hydrogen) atoms. The Balaban J connectivity index is 1.36. The topological polar surface area (TPSA) is 94.7 Å². The van der Waals surface area contributed by atoms with E-state index < -0.39 is 5.82 Å². The van der Waals surface area contributed by atoms with E-state index in [4.69, 9.17) is 23.2 Å². The van der Waals surface area contributed by atoms with E-state index in [-0.39, 0.29) is 22.6 Å². The number of nitrogens with zero attached hydrogens (tertiary/aromatic N) is 6. The summed E-state index contributed by atoms with van der Waals surface area (Å²) in [5.74, 6) is -0.532. The third-order valence-corrected chi connectivity index (χ3v) is 9.59. The molecular formula is C34H32Cl2FIN8. The van der Waals surface area contributed by atoms with Crippen LogP contribution in [0, 0.1) is 20.7 Å². The first-order valence-electron chi connectivity index (χ1n) is 14.9. The maximum Gasteiger partial charge on any atom is 0.141 e. The van der Waals surface area contributed by atoms with E-state index in [9.17, 15) is 9.65 Å². The van der Waals surface area contributed by atoms with Crippen LogP contribution in [0.5, 0.6) is 0 Å². The second-order valence-corrected chi connectivity index (χ2v) is 14.5. The highest BCUT2D eigenvalue weighted by Gasteiger charge is 2.29. The molecule has 8 nitrogen and oxygen atoms in total. The van der Waals surface area contributed by atoms with E-state index >= 15 is 0 Å². The highest BCUT2D eigenvalue weighted by molar-refractivity contribution is 14.1. The second-order valence-electron chi connectivity index (χ2n) is 12.4. The van der Waals surface area contributed by atoms with Crippen LogP contribution in [0.3, 0.4) is 0 Å². The number of fused-ring (bicyclic) bond motifs is 1. The SMILES string of the molecule is CC(C)(C)N1CCC(n2cc([C@@H](Nc3cc(Cl)c4ncc(C#N)c(Nc5ccc(F)c(Cl)c5)c4c3)c3cccc(I)c3)nn2)CC1. The molecule has 12 heteroatoms. The number of benzene rings is 3. The third-order valence-electron chi connectivity index (χ3n) is 8.34. The zero-order valence-corrected chi connectivity index (χ0v) is 29.2. The average Bonchev–Trinajstić information content (AvgIpc) is 3.52. The van der Waals surface area contributed by atoms with Gasteiger partial charge in [0.2, 0.25) is 0 Å². The van der Waals surface area contributed by atoms with Gasteiger partial charge in [0, 0.05) is 45.2 Å².